The quantitative estimate of drug-likeness (QED) is 0.687. The van der Waals surface area contributed by atoms with E-state index in [0.29, 0.717) is 0 Å². The molecule has 3 rings (SSSR count). The average molecular weight is 297 g/mol. The van der Waals surface area contributed by atoms with Crippen molar-refractivity contribution in [2.75, 3.05) is 0 Å². The number of aromatic nitrogens is 3. The molecule has 0 unspecified atom stereocenters. The van der Waals surface area contributed by atoms with Crippen molar-refractivity contribution in [3.8, 4) is 5.69 Å². The number of benzene rings is 1. The molecule has 0 N–H and O–H groups in total. The molecule has 108 valence electrons. The standard InChI is InChI=1S/C17H19N3S/c1-2-6-16-11-12-17(21-16)10-9-14-13-20(19-18-14)15-7-4-3-5-8-15/h3-5,7-8,11-13H,2,6,9-10H2,1H3. The smallest absolute Gasteiger partial charge is 0.0835 e. The van der Waals surface area contributed by atoms with Crippen LogP contribution in [0.5, 0.6) is 0 Å². The minimum absolute atomic E-state index is 0.943. The third kappa shape index (κ3) is 3.58. The van der Waals surface area contributed by atoms with Gasteiger partial charge in [-0.25, -0.2) is 4.68 Å². The van der Waals surface area contributed by atoms with Gasteiger partial charge in [0.2, 0.25) is 0 Å². The van der Waals surface area contributed by atoms with Crippen molar-refractivity contribution in [1.29, 1.82) is 0 Å². The molecular weight excluding hydrogens is 278 g/mol. The fourth-order valence-corrected chi connectivity index (χ4v) is 3.43. The van der Waals surface area contributed by atoms with E-state index in [4.69, 9.17) is 0 Å². The summed E-state index contributed by atoms with van der Waals surface area (Å²) in [5, 5.41) is 8.47. The lowest BCUT2D eigenvalue weighted by atomic mass is 10.2. The maximum atomic E-state index is 4.27. The van der Waals surface area contributed by atoms with Crippen LogP contribution in [0.1, 0.15) is 28.8 Å². The van der Waals surface area contributed by atoms with Crippen LogP contribution in [0.2, 0.25) is 0 Å². The van der Waals surface area contributed by atoms with Gasteiger partial charge in [0.15, 0.2) is 0 Å². The van der Waals surface area contributed by atoms with Gasteiger partial charge in [-0.15, -0.1) is 16.4 Å². The van der Waals surface area contributed by atoms with Gasteiger partial charge in [0.1, 0.15) is 0 Å². The Kier molecular flexibility index (Phi) is 4.46. The van der Waals surface area contributed by atoms with Crippen molar-refractivity contribution in [3.05, 3.63) is 64.1 Å². The van der Waals surface area contributed by atoms with Crippen LogP contribution in [0.3, 0.4) is 0 Å². The molecule has 0 bridgehead atoms. The van der Waals surface area contributed by atoms with Crippen molar-refractivity contribution in [2.45, 2.75) is 32.6 Å². The number of aryl methyl sites for hydroxylation is 3. The van der Waals surface area contributed by atoms with E-state index in [0.717, 1.165) is 24.2 Å². The Morgan fingerprint density at radius 3 is 2.48 bits per heavy atom. The Balaban J connectivity index is 1.62. The highest BCUT2D eigenvalue weighted by atomic mass is 32.1. The van der Waals surface area contributed by atoms with Crippen molar-refractivity contribution >= 4 is 11.3 Å². The molecule has 0 amide bonds. The normalized spacial score (nSPS) is 10.9. The molecule has 0 saturated carbocycles. The molecule has 0 aliphatic rings. The van der Waals surface area contributed by atoms with Crippen LogP contribution in [-0.4, -0.2) is 15.0 Å². The van der Waals surface area contributed by atoms with E-state index in [-0.39, 0.29) is 0 Å². The summed E-state index contributed by atoms with van der Waals surface area (Å²) in [6, 6.07) is 14.6. The van der Waals surface area contributed by atoms with Crippen molar-refractivity contribution in [2.24, 2.45) is 0 Å². The van der Waals surface area contributed by atoms with Gasteiger partial charge in [-0.2, -0.15) is 0 Å². The Morgan fingerprint density at radius 2 is 1.71 bits per heavy atom. The SMILES string of the molecule is CCCc1ccc(CCc2cn(-c3ccccc3)nn2)s1. The zero-order valence-electron chi connectivity index (χ0n) is 12.2. The second-order valence-corrected chi connectivity index (χ2v) is 6.36. The summed E-state index contributed by atoms with van der Waals surface area (Å²) >= 11 is 1.92. The second kappa shape index (κ2) is 6.68. The molecule has 0 spiro atoms. The van der Waals surface area contributed by atoms with E-state index in [1.165, 1.54) is 22.6 Å². The van der Waals surface area contributed by atoms with Crippen LogP contribution < -0.4 is 0 Å². The van der Waals surface area contributed by atoms with Gasteiger partial charge in [0.25, 0.3) is 0 Å². The van der Waals surface area contributed by atoms with Gasteiger partial charge >= 0.3 is 0 Å². The van der Waals surface area contributed by atoms with Crippen molar-refractivity contribution < 1.29 is 0 Å². The molecule has 3 aromatic rings. The van der Waals surface area contributed by atoms with Crippen LogP contribution in [0, 0.1) is 0 Å². The molecule has 0 aliphatic carbocycles. The highest BCUT2D eigenvalue weighted by molar-refractivity contribution is 7.11. The lowest BCUT2D eigenvalue weighted by molar-refractivity contribution is 0.794. The lowest BCUT2D eigenvalue weighted by Crippen LogP contribution is -1.93. The Labute approximate surface area is 129 Å². The van der Waals surface area contributed by atoms with Crippen LogP contribution in [0.4, 0.5) is 0 Å². The largest absolute Gasteiger partial charge is 0.220 e. The summed E-state index contributed by atoms with van der Waals surface area (Å²) in [6.07, 6.45) is 6.41. The molecule has 0 radical (unpaired) electrons. The summed E-state index contributed by atoms with van der Waals surface area (Å²) in [5.41, 5.74) is 2.10. The molecule has 21 heavy (non-hydrogen) atoms. The van der Waals surface area contributed by atoms with Gasteiger partial charge < -0.3 is 0 Å². The number of rotatable bonds is 6. The highest BCUT2D eigenvalue weighted by Gasteiger charge is 2.05. The fraction of sp³-hybridized carbons (Fsp3) is 0.294. The van der Waals surface area contributed by atoms with Crippen molar-refractivity contribution in [3.63, 3.8) is 0 Å². The maximum absolute atomic E-state index is 4.27. The first-order chi connectivity index (χ1) is 10.3. The van der Waals surface area contributed by atoms with Crippen LogP contribution in [0.25, 0.3) is 5.69 Å². The molecule has 0 fully saturated rings. The Hall–Kier alpha value is -1.94. The predicted molar refractivity (Wildman–Crippen MR) is 87.1 cm³/mol. The number of nitrogens with zero attached hydrogens (tertiary/aromatic N) is 3. The summed E-state index contributed by atoms with van der Waals surface area (Å²) in [7, 11) is 0. The fourth-order valence-electron chi connectivity index (χ4n) is 2.31. The molecule has 2 heterocycles. The number of hydrogen-bond acceptors (Lipinski definition) is 3. The molecular formula is C17H19N3S. The minimum Gasteiger partial charge on any atom is -0.220 e. The first kappa shape index (κ1) is 14.0. The molecule has 0 atom stereocenters. The number of para-hydroxylation sites is 1. The summed E-state index contributed by atoms with van der Waals surface area (Å²) in [4.78, 5) is 2.92. The van der Waals surface area contributed by atoms with E-state index in [9.17, 15) is 0 Å². The molecule has 2 aromatic heterocycles. The summed E-state index contributed by atoms with van der Waals surface area (Å²) in [5.74, 6) is 0. The summed E-state index contributed by atoms with van der Waals surface area (Å²) < 4.78 is 1.84. The second-order valence-electron chi connectivity index (χ2n) is 5.11. The topological polar surface area (TPSA) is 30.7 Å². The van der Waals surface area contributed by atoms with Crippen LogP contribution in [0.15, 0.2) is 48.7 Å². The van der Waals surface area contributed by atoms with Crippen molar-refractivity contribution in [1.82, 2.24) is 15.0 Å². The minimum atomic E-state index is 0.943. The van der Waals surface area contributed by atoms with E-state index in [2.05, 4.69) is 29.4 Å². The van der Waals surface area contributed by atoms with E-state index in [1.54, 1.807) is 0 Å². The van der Waals surface area contributed by atoms with E-state index in [1.807, 2.05) is 52.5 Å². The number of thiophene rings is 1. The zero-order chi connectivity index (χ0) is 14.5. The molecule has 4 heteroatoms. The van der Waals surface area contributed by atoms with E-state index < -0.39 is 0 Å². The third-order valence-electron chi connectivity index (χ3n) is 3.40. The highest BCUT2D eigenvalue weighted by Crippen LogP contribution is 2.19. The van der Waals surface area contributed by atoms with E-state index >= 15 is 0 Å². The lowest BCUT2D eigenvalue weighted by Gasteiger charge is -1.97. The number of hydrogen-bond donors (Lipinski definition) is 0. The molecule has 3 nitrogen and oxygen atoms in total. The third-order valence-corrected chi connectivity index (χ3v) is 4.61. The molecule has 1 aromatic carbocycles. The predicted octanol–water partition coefficient (Wildman–Crippen LogP) is 4.07. The summed E-state index contributed by atoms with van der Waals surface area (Å²) in [6.45, 7) is 2.22. The Morgan fingerprint density at radius 1 is 0.952 bits per heavy atom. The van der Waals surface area contributed by atoms with Gasteiger partial charge in [-0.3, -0.25) is 0 Å². The van der Waals surface area contributed by atoms with Crippen LogP contribution in [-0.2, 0) is 19.3 Å². The Bertz CT molecular complexity index is 685. The first-order valence-electron chi connectivity index (χ1n) is 7.39. The maximum Gasteiger partial charge on any atom is 0.0835 e. The zero-order valence-corrected chi connectivity index (χ0v) is 13.0. The molecule has 0 aliphatic heterocycles. The van der Waals surface area contributed by atoms with Gasteiger partial charge in [0, 0.05) is 9.75 Å². The first-order valence-corrected chi connectivity index (χ1v) is 8.21. The van der Waals surface area contributed by atoms with Gasteiger partial charge in [-0.05, 0) is 43.5 Å². The van der Waals surface area contributed by atoms with Crippen LogP contribution >= 0.6 is 11.3 Å². The monoisotopic (exact) mass is 297 g/mol. The molecule has 0 saturated heterocycles. The van der Waals surface area contributed by atoms with Gasteiger partial charge in [-0.1, -0.05) is 36.8 Å². The van der Waals surface area contributed by atoms with Gasteiger partial charge in [0.05, 0.1) is 17.6 Å². The average Bonchev–Trinajstić information content (AvgIpc) is 3.16.